The third-order valence-corrected chi connectivity index (χ3v) is 2.23. The Morgan fingerprint density at radius 2 is 2.11 bits per heavy atom. The third-order valence-electron chi connectivity index (χ3n) is 2.23. The molecule has 1 aromatic heterocycles. The summed E-state index contributed by atoms with van der Waals surface area (Å²) >= 11 is 0. The molecule has 0 aliphatic heterocycles. The number of nitriles is 1. The number of hydrogen-bond donors (Lipinski definition) is 2. The van der Waals surface area contributed by atoms with E-state index in [2.05, 4.69) is 15.4 Å². The monoisotopic (exact) mass is 257 g/mol. The first-order valence-corrected chi connectivity index (χ1v) is 5.32. The van der Waals surface area contributed by atoms with Crippen molar-refractivity contribution in [1.29, 1.82) is 5.26 Å². The van der Waals surface area contributed by atoms with Crippen LogP contribution in [-0.4, -0.2) is 17.1 Å². The van der Waals surface area contributed by atoms with Crippen LogP contribution in [0.15, 0.2) is 30.5 Å². The van der Waals surface area contributed by atoms with E-state index in [1.165, 1.54) is 13.3 Å². The van der Waals surface area contributed by atoms with E-state index in [9.17, 15) is 0 Å². The highest BCUT2D eigenvalue weighted by Gasteiger charge is 2.05. The summed E-state index contributed by atoms with van der Waals surface area (Å²) in [6.45, 7) is 0. The van der Waals surface area contributed by atoms with E-state index in [1.807, 2.05) is 6.07 Å². The van der Waals surface area contributed by atoms with E-state index in [0.29, 0.717) is 22.9 Å². The van der Waals surface area contributed by atoms with Gasteiger partial charge in [-0.25, -0.2) is 10.8 Å². The summed E-state index contributed by atoms with van der Waals surface area (Å²) in [6, 6.07) is 8.45. The molecule has 96 valence electrons. The number of nitrogens with two attached hydrogens (primary N) is 1. The average Bonchev–Trinajstić information content (AvgIpc) is 2.47. The SMILES string of the molecule is COc1cc(C#N)cc(Oc2ccnc(NN)n2)c1. The van der Waals surface area contributed by atoms with E-state index in [1.54, 1.807) is 24.3 Å². The van der Waals surface area contributed by atoms with Crippen LogP contribution in [0.1, 0.15) is 5.56 Å². The summed E-state index contributed by atoms with van der Waals surface area (Å²) < 4.78 is 10.6. The van der Waals surface area contributed by atoms with Gasteiger partial charge >= 0.3 is 0 Å². The molecule has 7 heteroatoms. The molecular formula is C12H11N5O2. The predicted molar refractivity (Wildman–Crippen MR) is 67.6 cm³/mol. The molecule has 0 saturated carbocycles. The Labute approximate surface area is 109 Å². The van der Waals surface area contributed by atoms with Crippen molar-refractivity contribution in [1.82, 2.24) is 9.97 Å². The van der Waals surface area contributed by atoms with Crippen molar-refractivity contribution in [2.24, 2.45) is 5.84 Å². The van der Waals surface area contributed by atoms with Gasteiger partial charge in [-0.1, -0.05) is 0 Å². The lowest BCUT2D eigenvalue weighted by Crippen LogP contribution is -2.10. The van der Waals surface area contributed by atoms with Gasteiger partial charge in [0.2, 0.25) is 11.8 Å². The summed E-state index contributed by atoms with van der Waals surface area (Å²) in [5.74, 6) is 6.72. The van der Waals surface area contributed by atoms with Crippen LogP contribution in [0, 0.1) is 11.3 Å². The van der Waals surface area contributed by atoms with Crippen LogP contribution in [0.2, 0.25) is 0 Å². The van der Waals surface area contributed by atoms with Crippen LogP contribution in [-0.2, 0) is 0 Å². The molecule has 0 aliphatic carbocycles. The topological polar surface area (TPSA) is 106 Å². The molecule has 0 spiro atoms. The Bertz CT molecular complexity index is 624. The predicted octanol–water partition coefficient (Wildman–Crippen LogP) is 1.43. The number of methoxy groups -OCH3 is 1. The molecule has 1 heterocycles. The molecule has 0 atom stereocenters. The lowest BCUT2D eigenvalue weighted by Gasteiger charge is -2.08. The van der Waals surface area contributed by atoms with Crippen molar-refractivity contribution in [2.45, 2.75) is 0 Å². The van der Waals surface area contributed by atoms with E-state index >= 15 is 0 Å². The summed E-state index contributed by atoms with van der Waals surface area (Å²) in [5, 5.41) is 8.92. The van der Waals surface area contributed by atoms with E-state index in [-0.39, 0.29) is 5.95 Å². The lowest BCUT2D eigenvalue weighted by molar-refractivity contribution is 0.407. The molecule has 0 bridgehead atoms. The summed E-state index contributed by atoms with van der Waals surface area (Å²) in [4.78, 5) is 7.87. The maximum absolute atomic E-state index is 8.92. The molecule has 7 nitrogen and oxygen atoms in total. The first-order valence-electron chi connectivity index (χ1n) is 5.32. The Hall–Kier alpha value is -2.85. The number of hydrazine groups is 1. The molecule has 2 aromatic rings. The Morgan fingerprint density at radius 1 is 1.32 bits per heavy atom. The molecule has 0 saturated heterocycles. The molecule has 0 amide bonds. The first-order chi connectivity index (χ1) is 9.25. The number of aromatic nitrogens is 2. The molecule has 2 rings (SSSR count). The maximum Gasteiger partial charge on any atom is 0.240 e. The maximum atomic E-state index is 8.92. The minimum atomic E-state index is 0.237. The van der Waals surface area contributed by atoms with Gasteiger partial charge in [-0.15, -0.1) is 0 Å². The molecule has 1 aromatic carbocycles. The van der Waals surface area contributed by atoms with Crippen molar-refractivity contribution in [2.75, 3.05) is 12.5 Å². The van der Waals surface area contributed by atoms with Gasteiger partial charge in [-0.2, -0.15) is 10.2 Å². The highest BCUT2D eigenvalue weighted by atomic mass is 16.5. The van der Waals surface area contributed by atoms with E-state index in [4.69, 9.17) is 20.6 Å². The van der Waals surface area contributed by atoms with Gasteiger partial charge in [0.25, 0.3) is 0 Å². The fourth-order valence-electron chi connectivity index (χ4n) is 1.40. The zero-order valence-electron chi connectivity index (χ0n) is 10.1. The van der Waals surface area contributed by atoms with Crippen LogP contribution < -0.4 is 20.7 Å². The van der Waals surface area contributed by atoms with Gasteiger partial charge in [0, 0.05) is 18.3 Å². The fourth-order valence-corrected chi connectivity index (χ4v) is 1.40. The lowest BCUT2D eigenvalue weighted by atomic mass is 10.2. The third kappa shape index (κ3) is 3.08. The number of nitrogen functional groups attached to an aromatic ring is 1. The number of nitrogens with one attached hydrogen (secondary N) is 1. The number of hydrogen-bond acceptors (Lipinski definition) is 7. The normalized spacial score (nSPS) is 9.53. The van der Waals surface area contributed by atoms with E-state index < -0.39 is 0 Å². The first kappa shape index (κ1) is 12.6. The Kier molecular flexibility index (Phi) is 3.75. The quantitative estimate of drug-likeness (QED) is 0.630. The van der Waals surface area contributed by atoms with Gasteiger partial charge in [0.05, 0.1) is 18.7 Å². The standard InChI is InChI=1S/C12H11N5O2/c1-18-9-4-8(7-13)5-10(6-9)19-11-2-3-15-12(16-11)17-14/h2-6H,14H2,1H3,(H,15,16,17). The van der Waals surface area contributed by atoms with Crippen LogP contribution in [0.3, 0.4) is 0 Å². The molecule has 0 radical (unpaired) electrons. The van der Waals surface area contributed by atoms with Crippen molar-refractivity contribution in [3.8, 4) is 23.4 Å². The van der Waals surface area contributed by atoms with Crippen molar-refractivity contribution in [3.05, 3.63) is 36.0 Å². The zero-order chi connectivity index (χ0) is 13.7. The number of anilines is 1. The number of nitrogens with zero attached hydrogens (tertiary/aromatic N) is 3. The summed E-state index contributed by atoms with van der Waals surface area (Å²) in [5.41, 5.74) is 2.75. The largest absolute Gasteiger partial charge is 0.497 e. The molecule has 0 aliphatic rings. The smallest absolute Gasteiger partial charge is 0.240 e. The summed E-state index contributed by atoms with van der Waals surface area (Å²) in [6.07, 6.45) is 1.50. The second-order valence-corrected chi connectivity index (χ2v) is 3.47. The number of ether oxygens (including phenoxy) is 2. The van der Waals surface area contributed by atoms with Gasteiger partial charge < -0.3 is 9.47 Å². The van der Waals surface area contributed by atoms with Crippen LogP contribution in [0.4, 0.5) is 5.95 Å². The van der Waals surface area contributed by atoms with Gasteiger partial charge in [-0.3, -0.25) is 5.43 Å². The molecule has 0 fully saturated rings. The highest BCUT2D eigenvalue weighted by Crippen LogP contribution is 2.26. The van der Waals surface area contributed by atoms with E-state index in [0.717, 1.165) is 0 Å². The fraction of sp³-hybridized carbons (Fsp3) is 0.0833. The highest BCUT2D eigenvalue weighted by molar-refractivity contribution is 5.45. The van der Waals surface area contributed by atoms with Crippen molar-refractivity contribution >= 4 is 5.95 Å². The second kappa shape index (κ2) is 5.66. The van der Waals surface area contributed by atoms with Crippen LogP contribution >= 0.6 is 0 Å². The minimum Gasteiger partial charge on any atom is -0.497 e. The van der Waals surface area contributed by atoms with Gasteiger partial charge in [0.15, 0.2) is 0 Å². The average molecular weight is 257 g/mol. The number of rotatable bonds is 4. The zero-order valence-corrected chi connectivity index (χ0v) is 10.1. The number of benzene rings is 1. The molecular weight excluding hydrogens is 246 g/mol. The van der Waals surface area contributed by atoms with Gasteiger partial charge in [0.1, 0.15) is 11.5 Å². The Balaban J connectivity index is 2.29. The van der Waals surface area contributed by atoms with Crippen molar-refractivity contribution < 1.29 is 9.47 Å². The minimum absolute atomic E-state index is 0.237. The second-order valence-electron chi connectivity index (χ2n) is 3.47. The molecule has 3 N–H and O–H groups in total. The molecule has 0 unspecified atom stereocenters. The van der Waals surface area contributed by atoms with Crippen LogP contribution in [0.5, 0.6) is 17.4 Å². The summed E-state index contributed by atoms with van der Waals surface area (Å²) in [7, 11) is 1.52. The van der Waals surface area contributed by atoms with Gasteiger partial charge in [-0.05, 0) is 12.1 Å². The Morgan fingerprint density at radius 3 is 2.79 bits per heavy atom. The van der Waals surface area contributed by atoms with Crippen molar-refractivity contribution in [3.63, 3.8) is 0 Å². The van der Waals surface area contributed by atoms with Crippen LogP contribution in [0.25, 0.3) is 0 Å². The molecule has 19 heavy (non-hydrogen) atoms.